The number of halogens is 1. The molecular formula is C12H13BrN2O. The summed E-state index contributed by atoms with van der Waals surface area (Å²) in [6.07, 6.45) is 5.18. The third-order valence-electron chi connectivity index (χ3n) is 4.13. The van der Waals surface area contributed by atoms with Crippen molar-refractivity contribution in [2.75, 3.05) is 0 Å². The van der Waals surface area contributed by atoms with Gasteiger partial charge in [-0.1, -0.05) is 22.4 Å². The fraction of sp³-hybridized carbons (Fsp3) is 0.500. The molecule has 0 aliphatic heterocycles. The van der Waals surface area contributed by atoms with E-state index in [1.54, 1.807) is 6.20 Å². The van der Waals surface area contributed by atoms with Crippen LogP contribution >= 0.6 is 15.9 Å². The second-order valence-corrected chi connectivity index (χ2v) is 5.65. The van der Waals surface area contributed by atoms with Crippen LogP contribution in [-0.4, -0.2) is 10.9 Å². The Kier molecular flexibility index (Phi) is 2.11. The summed E-state index contributed by atoms with van der Waals surface area (Å²) < 4.78 is 0.961. The van der Waals surface area contributed by atoms with Crippen LogP contribution < -0.4 is 5.73 Å². The molecule has 1 aromatic heterocycles. The van der Waals surface area contributed by atoms with Gasteiger partial charge in [0.15, 0.2) is 0 Å². The predicted octanol–water partition coefficient (Wildman–Crippen LogP) is 2.00. The summed E-state index contributed by atoms with van der Waals surface area (Å²) in [6.45, 7) is 0. The molecule has 0 spiro atoms. The number of carbonyl (C=O) groups is 1. The van der Waals surface area contributed by atoms with Crippen LogP contribution in [-0.2, 0) is 10.2 Å². The van der Waals surface area contributed by atoms with Crippen molar-refractivity contribution in [2.24, 2.45) is 17.6 Å². The monoisotopic (exact) mass is 280 g/mol. The minimum Gasteiger partial charge on any atom is -0.369 e. The molecule has 0 saturated heterocycles. The SMILES string of the molecule is NC(=O)C1(c2cc(Br)ccn2)[C@@H]2CCC[C@@H]21. The lowest BCUT2D eigenvalue weighted by Gasteiger charge is -2.16. The van der Waals surface area contributed by atoms with Crippen LogP contribution in [0.15, 0.2) is 22.8 Å². The first-order chi connectivity index (χ1) is 7.67. The largest absolute Gasteiger partial charge is 0.369 e. The van der Waals surface area contributed by atoms with Gasteiger partial charge in [0, 0.05) is 10.7 Å². The summed E-state index contributed by atoms with van der Waals surface area (Å²) in [4.78, 5) is 16.1. The van der Waals surface area contributed by atoms with Crippen molar-refractivity contribution in [1.29, 1.82) is 0 Å². The molecule has 3 rings (SSSR count). The average Bonchev–Trinajstić information content (AvgIpc) is 2.64. The lowest BCUT2D eigenvalue weighted by molar-refractivity contribution is -0.121. The number of pyridine rings is 1. The molecular weight excluding hydrogens is 268 g/mol. The lowest BCUT2D eigenvalue weighted by Crippen LogP contribution is -2.33. The maximum absolute atomic E-state index is 11.8. The van der Waals surface area contributed by atoms with E-state index in [4.69, 9.17) is 5.73 Å². The fourth-order valence-corrected chi connectivity index (χ4v) is 3.79. The number of hydrogen-bond donors (Lipinski definition) is 1. The molecule has 2 N–H and O–H groups in total. The van der Waals surface area contributed by atoms with E-state index < -0.39 is 5.41 Å². The standard InChI is InChI=1S/C12H13BrN2O/c13-7-4-5-15-10(6-7)12(11(14)16)8-2-1-3-9(8)12/h4-6,8-9H,1-3H2,(H2,14,16)/t8-,9+,12?. The Morgan fingerprint density at radius 1 is 1.50 bits per heavy atom. The number of hydrogen-bond acceptors (Lipinski definition) is 2. The van der Waals surface area contributed by atoms with E-state index in [1.807, 2.05) is 12.1 Å². The number of nitrogens with two attached hydrogens (primary N) is 1. The summed E-state index contributed by atoms with van der Waals surface area (Å²) >= 11 is 3.42. The Morgan fingerprint density at radius 3 is 2.75 bits per heavy atom. The van der Waals surface area contributed by atoms with E-state index in [-0.39, 0.29) is 5.91 Å². The molecule has 2 fully saturated rings. The van der Waals surface area contributed by atoms with Gasteiger partial charge >= 0.3 is 0 Å². The highest BCUT2D eigenvalue weighted by Crippen LogP contribution is 2.67. The van der Waals surface area contributed by atoms with Gasteiger partial charge in [0.2, 0.25) is 5.91 Å². The molecule has 1 aromatic rings. The summed E-state index contributed by atoms with van der Waals surface area (Å²) in [5.41, 5.74) is 6.01. The maximum atomic E-state index is 11.8. The highest BCUT2D eigenvalue weighted by Gasteiger charge is 2.71. The third kappa shape index (κ3) is 1.14. The molecule has 3 atom stereocenters. The van der Waals surface area contributed by atoms with Gasteiger partial charge in [-0.15, -0.1) is 0 Å². The molecule has 1 amide bonds. The number of amides is 1. The first kappa shape index (κ1) is 10.3. The molecule has 2 aliphatic rings. The van der Waals surface area contributed by atoms with Gasteiger partial charge in [-0.2, -0.15) is 0 Å². The van der Waals surface area contributed by atoms with Gasteiger partial charge in [-0.25, -0.2) is 0 Å². The third-order valence-corrected chi connectivity index (χ3v) is 4.62. The maximum Gasteiger partial charge on any atom is 0.230 e. The number of fused-ring (bicyclic) bond motifs is 1. The molecule has 0 radical (unpaired) electrons. The zero-order chi connectivity index (χ0) is 11.3. The van der Waals surface area contributed by atoms with Crippen molar-refractivity contribution in [3.05, 3.63) is 28.5 Å². The van der Waals surface area contributed by atoms with Crippen LogP contribution in [0.1, 0.15) is 25.0 Å². The second kappa shape index (κ2) is 3.29. The quantitative estimate of drug-likeness (QED) is 0.901. The van der Waals surface area contributed by atoms with Crippen molar-refractivity contribution in [1.82, 2.24) is 4.98 Å². The lowest BCUT2D eigenvalue weighted by atomic mass is 9.90. The van der Waals surface area contributed by atoms with Gasteiger partial charge in [0.1, 0.15) is 0 Å². The summed E-state index contributed by atoms with van der Waals surface area (Å²) in [5, 5.41) is 0. The van der Waals surface area contributed by atoms with Crippen LogP contribution in [0, 0.1) is 11.8 Å². The smallest absolute Gasteiger partial charge is 0.230 e. The summed E-state index contributed by atoms with van der Waals surface area (Å²) in [5.74, 6) is 0.673. The first-order valence-corrected chi connectivity index (χ1v) is 6.38. The van der Waals surface area contributed by atoms with E-state index >= 15 is 0 Å². The Balaban J connectivity index is 2.06. The predicted molar refractivity (Wildman–Crippen MR) is 63.6 cm³/mol. The fourth-order valence-electron chi connectivity index (χ4n) is 3.46. The zero-order valence-electron chi connectivity index (χ0n) is 8.82. The molecule has 4 heteroatoms. The van der Waals surface area contributed by atoms with Gasteiger partial charge in [-0.3, -0.25) is 9.78 Å². The molecule has 2 aliphatic carbocycles. The molecule has 3 nitrogen and oxygen atoms in total. The number of primary amides is 1. The van der Waals surface area contributed by atoms with Crippen LogP contribution in [0.4, 0.5) is 0 Å². The first-order valence-electron chi connectivity index (χ1n) is 5.59. The van der Waals surface area contributed by atoms with Gasteiger partial charge < -0.3 is 5.73 Å². The number of nitrogens with zero attached hydrogens (tertiary/aromatic N) is 1. The zero-order valence-corrected chi connectivity index (χ0v) is 10.4. The Labute approximate surface area is 103 Å². The molecule has 0 bridgehead atoms. The second-order valence-electron chi connectivity index (χ2n) is 4.74. The Hall–Kier alpha value is -0.900. The number of aromatic nitrogens is 1. The minimum absolute atomic E-state index is 0.201. The summed E-state index contributed by atoms with van der Waals surface area (Å²) in [6, 6.07) is 3.80. The van der Waals surface area contributed by atoms with Crippen molar-refractivity contribution >= 4 is 21.8 Å². The van der Waals surface area contributed by atoms with Crippen molar-refractivity contribution in [3.8, 4) is 0 Å². The van der Waals surface area contributed by atoms with E-state index in [2.05, 4.69) is 20.9 Å². The molecule has 1 unspecified atom stereocenters. The van der Waals surface area contributed by atoms with Crippen LogP contribution in [0.3, 0.4) is 0 Å². The average molecular weight is 281 g/mol. The minimum atomic E-state index is -0.456. The molecule has 2 saturated carbocycles. The topological polar surface area (TPSA) is 56.0 Å². The molecule has 0 aromatic carbocycles. The Morgan fingerprint density at radius 2 is 2.19 bits per heavy atom. The highest BCUT2D eigenvalue weighted by molar-refractivity contribution is 9.10. The number of carbonyl (C=O) groups excluding carboxylic acids is 1. The molecule has 1 heterocycles. The van der Waals surface area contributed by atoms with Crippen LogP contribution in [0.5, 0.6) is 0 Å². The highest BCUT2D eigenvalue weighted by atomic mass is 79.9. The van der Waals surface area contributed by atoms with E-state index in [1.165, 1.54) is 6.42 Å². The van der Waals surface area contributed by atoms with E-state index in [0.717, 1.165) is 23.0 Å². The van der Waals surface area contributed by atoms with Crippen molar-refractivity contribution < 1.29 is 4.79 Å². The van der Waals surface area contributed by atoms with Gasteiger partial charge in [-0.05, 0) is 36.8 Å². The van der Waals surface area contributed by atoms with E-state index in [0.29, 0.717) is 11.8 Å². The number of rotatable bonds is 2. The Bertz CT molecular complexity index is 450. The molecule has 84 valence electrons. The van der Waals surface area contributed by atoms with Gasteiger partial charge in [0.25, 0.3) is 0 Å². The normalized spacial score (nSPS) is 35.8. The molecule has 16 heavy (non-hydrogen) atoms. The van der Waals surface area contributed by atoms with Crippen molar-refractivity contribution in [2.45, 2.75) is 24.7 Å². The van der Waals surface area contributed by atoms with Crippen molar-refractivity contribution in [3.63, 3.8) is 0 Å². The van der Waals surface area contributed by atoms with Crippen LogP contribution in [0.2, 0.25) is 0 Å². The summed E-state index contributed by atoms with van der Waals surface area (Å²) in [7, 11) is 0. The van der Waals surface area contributed by atoms with E-state index in [9.17, 15) is 4.79 Å². The van der Waals surface area contributed by atoms with Crippen LogP contribution in [0.25, 0.3) is 0 Å². The van der Waals surface area contributed by atoms with Gasteiger partial charge in [0.05, 0.1) is 11.1 Å².